The van der Waals surface area contributed by atoms with E-state index in [-0.39, 0.29) is 11.3 Å². The fraction of sp³-hybridized carbons (Fsp3) is 0.409. The fourth-order valence-corrected chi connectivity index (χ4v) is 2.67. The minimum absolute atomic E-state index is 0.128. The normalized spacial score (nSPS) is 12.0. The van der Waals surface area contributed by atoms with Crippen molar-refractivity contribution in [3.05, 3.63) is 65.5 Å². The van der Waals surface area contributed by atoms with E-state index in [1.165, 1.54) is 12.1 Å². The molecule has 0 amide bonds. The molecule has 1 unspecified atom stereocenters. The monoisotopic (exact) mass is 342 g/mol. The Bertz CT molecular complexity index is 667. The van der Waals surface area contributed by atoms with Crippen LogP contribution in [0.3, 0.4) is 0 Å². The Morgan fingerprint density at radius 3 is 2.56 bits per heavy atom. The van der Waals surface area contributed by atoms with Crippen LogP contribution in [-0.2, 0) is 6.61 Å². The zero-order chi connectivity index (χ0) is 18.1. The van der Waals surface area contributed by atoms with Gasteiger partial charge in [0.25, 0.3) is 0 Å². The van der Waals surface area contributed by atoms with Gasteiger partial charge in [0.15, 0.2) is 5.78 Å². The van der Waals surface area contributed by atoms with Gasteiger partial charge < -0.3 is 4.74 Å². The van der Waals surface area contributed by atoms with Gasteiger partial charge in [-0.3, -0.25) is 4.79 Å². The number of carbonyl (C=O) groups is 1. The average molecular weight is 342 g/mol. The standard InChI is InChI=1S/C22H27FO2/c1-3-17(2)9-7-8-12-22(24)20-14-13-19(15-21(20)23)25-16-18-10-5-4-6-11-18/h4-6,10-11,13-15,17H,3,7-9,12,16H2,1-2H3. The summed E-state index contributed by atoms with van der Waals surface area (Å²) in [5, 5.41) is 0. The van der Waals surface area contributed by atoms with Gasteiger partial charge in [0.2, 0.25) is 0 Å². The van der Waals surface area contributed by atoms with Gasteiger partial charge in [-0.2, -0.15) is 0 Å². The minimum Gasteiger partial charge on any atom is -0.489 e. The summed E-state index contributed by atoms with van der Waals surface area (Å²) < 4.78 is 19.8. The number of ether oxygens (including phenoxy) is 1. The molecule has 0 aromatic heterocycles. The molecule has 2 aromatic rings. The van der Waals surface area contributed by atoms with Crippen LogP contribution in [0.15, 0.2) is 48.5 Å². The summed E-state index contributed by atoms with van der Waals surface area (Å²) in [5.41, 5.74) is 1.18. The van der Waals surface area contributed by atoms with Gasteiger partial charge in [-0.25, -0.2) is 4.39 Å². The molecule has 0 saturated carbocycles. The first-order valence-corrected chi connectivity index (χ1v) is 9.09. The second-order valence-corrected chi connectivity index (χ2v) is 6.60. The highest BCUT2D eigenvalue weighted by Gasteiger charge is 2.13. The lowest BCUT2D eigenvalue weighted by atomic mass is 9.98. The molecule has 134 valence electrons. The summed E-state index contributed by atoms with van der Waals surface area (Å²) in [7, 11) is 0. The van der Waals surface area contributed by atoms with Crippen LogP contribution in [0.5, 0.6) is 5.75 Å². The highest BCUT2D eigenvalue weighted by Crippen LogP contribution is 2.20. The maximum Gasteiger partial charge on any atom is 0.165 e. The van der Waals surface area contributed by atoms with E-state index in [1.807, 2.05) is 30.3 Å². The molecule has 0 bridgehead atoms. The number of halogens is 1. The van der Waals surface area contributed by atoms with E-state index in [1.54, 1.807) is 6.07 Å². The lowest BCUT2D eigenvalue weighted by Gasteiger charge is -2.09. The summed E-state index contributed by atoms with van der Waals surface area (Å²) in [6.45, 7) is 4.77. The first kappa shape index (κ1) is 19.2. The van der Waals surface area contributed by atoms with Crippen molar-refractivity contribution in [2.45, 2.75) is 52.6 Å². The molecule has 0 aliphatic rings. The van der Waals surface area contributed by atoms with Gasteiger partial charge in [-0.15, -0.1) is 0 Å². The van der Waals surface area contributed by atoms with Gasteiger partial charge in [-0.1, -0.05) is 63.4 Å². The summed E-state index contributed by atoms with van der Waals surface area (Å²) in [6.07, 6.45) is 4.51. The predicted octanol–water partition coefficient (Wildman–Crippen LogP) is 6.19. The Morgan fingerprint density at radius 2 is 1.88 bits per heavy atom. The van der Waals surface area contributed by atoms with Crippen molar-refractivity contribution >= 4 is 5.78 Å². The largest absolute Gasteiger partial charge is 0.489 e. The van der Waals surface area contributed by atoms with Crippen LogP contribution in [0.25, 0.3) is 0 Å². The molecule has 25 heavy (non-hydrogen) atoms. The number of carbonyl (C=O) groups excluding carboxylic acids is 1. The fourth-order valence-electron chi connectivity index (χ4n) is 2.67. The van der Waals surface area contributed by atoms with E-state index >= 15 is 0 Å². The Labute approximate surface area is 150 Å². The van der Waals surface area contributed by atoms with E-state index in [0.717, 1.165) is 31.2 Å². The third kappa shape index (κ3) is 6.33. The van der Waals surface area contributed by atoms with Crippen LogP contribution >= 0.6 is 0 Å². The predicted molar refractivity (Wildman–Crippen MR) is 99.4 cm³/mol. The Kier molecular flexibility index (Phi) is 7.65. The number of Topliss-reactive ketones (excluding diaryl/α,β-unsaturated/α-hetero) is 1. The van der Waals surface area contributed by atoms with E-state index in [9.17, 15) is 9.18 Å². The number of hydrogen-bond acceptors (Lipinski definition) is 2. The third-order valence-electron chi connectivity index (χ3n) is 4.54. The van der Waals surface area contributed by atoms with Gasteiger partial charge in [0.05, 0.1) is 5.56 Å². The number of benzene rings is 2. The maximum absolute atomic E-state index is 14.2. The number of rotatable bonds is 10. The van der Waals surface area contributed by atoms with Crippen LogP contribution in [-0.4, -0.2) is 5.78 Å². The molecule has 0 aliphatic carbocycles. The lowest BCUT2D eigenvalue weighted by molar-refractivity contribution is 0.0974. The highest BCUT2D eigenvalue weighted by molar-refractivity contribution is 5.96. The second-order valence-electron chi connectivity index (χ2n) is 6.60. The van der Waals surface area contributed by atoms with Crippen molar-refractivity contribution in [2.24, 2.45) is 5.92 Å². The van der Waals surface area contributed by atoms with Crippen molar-refractivity contribution in [3.8, 4) is 5.75 Å². The van der Waals surface area contributed by atoms with Gasteiger partial charge in [0, 0.05) is 12.5 Å². The summed E-state index contributed by atoms with van der Waals surface area (Å²) in [4.78, 5) is 12.2. The van der Waals surface area contributed by atoms with Crippen LogP contribution in [0.1, 0.15) is 61.9 Å². The van der Waals surface area contributed by atoms with Crippen LogP contribution in [0, 0.1) is 11.7 Å². The minimum atomic E-state index is -0.502. The van der Waals surface area contributed by atoms with E-state index in [2.05, 4.69) is 13.8 Å². The molecule has 2 aromatic carbocycles. The Morgan fingerprint density at radius 1 is 1.12 bits per heavy atom. The van der Waals surface area contributed by atoms with E-state index in [4.69, 9.17) is 4.74 Å². The van der Waals surface area contributed by atoms with Crippen LogP contribution in [0.2, 0.25) is 0 Å². The molecule has 2 nitrogen and oxygen atoms in total. The number of unbranched alkanes of at least 4 members (excludes halogenated alkanes) is 1. The molecule has 3 heteroatoms. The molecular weight excluding hydrogens is 315 g/mol. The Hall–Kier alpha value is -2.16. The molecule has 0 fully saturated rings. The second kappa shape index (κ2) is 9.97. The number of ketones is 1. The summed E-state index contributed by atoms with van der Waals surface area (Å²) in [6, 6.07) is 14.2. The van der Waals surface area contributed by atoms with Gasteiger partial charge >= 0.3 is 0 Å². The summed E-state index contributed by atoms with van der Waals surface area (Å²) >= 11 is 0. The smallest absolute Gasteiger partial charge is 0.165 e. The first-order valence-electron chi connectivity index (χ1n) is 9.09. The first-order chi connectivity index (χ1) is 12.1. The van der Waals surface area contributed by atoms with Crippen molar-refractivity contribution in [2.75, 3.05) is 0 Å². The third-order valence-corrected chi connectivity index (χ3v) is 4.54. The van der Waals surface area contributed by atoms with Crippen molar-refractivity contribution in [1.29, 1.82) is 0 Å². The average Bonchev–Trinajstić information content (AvgIpc) is 2.64. The highest BCUT2D eigenvalue weighted by atomic mass is 19.1. The van der Waals surface area contributed by atoms with Gasteiger partial charge in [-0.05, 0) is 30.0 Å². The molecule has 0 saturated heterocycles. The van der Waals surface area contributed by atoms with Crippen LogP contribution in [0.4, 0.5) is 4.39 Å². The van der Waals surface area contributed by atoms with Crippen molar-refractivity contribution in [1.82, 2.24) is 0 Å². The topological polar surface area (TPSA) is 26.3 Å². The molecule has 1 atom stereocenters. The zero-order valence-electron chi connectivity index (χ0n) is 15.1. The Balaban J connectivity index is 1.84. The van der Waals surface area contributed by atoms with Crippen molar-refractivity contribution in [3.63, 3.8) is 0 Å². The molecule has 0 aliphatic heterocycles. The van der Waals surface area contributed by atoms with E-state index < -0.39 is 5.82 Å². The van der Waals surface area contributed by atoms with Gasteiger partial charge in [0.1, 0.15) is 18.2 Å². The molecule has 0 spiro atoms. The summed E-state index contributed by atoms with van der Waals surface area (Å²) in [5.74, 6) is 0.497. The number of hydrogen-bond donors (Lipinski definition) is 0. The van der Waals surface area contributed by atoms with Crippen LogP contribution < -0.4 is 4.74 Å². The maximum atomic E-state index is 14.2. The SMILES string of the molecule is CCC(C)CCCCC(=O)c1ccc(OCc2ccccc2)cc1F. The van der Waals surface area contributed by atoms with E-state index in [0.29, 0.717) is 24.7 Å². The lowest BCUT2D eigenvalue weighted by Crippen LogP contribution is -2.04. The van der Waals surface area contributed by atoms with Crippen molar-refractivity contribution < 1.29 is 13.9 Å². The molecule has 0 radical (unpaired) electrons. The molecule has 0 heterocycles. The molecular formula is C22H27FO2. The molecule has 2 rings (SSSR count). The molecule has 0 N–H and O–H groups in total. The zero-order valence-corrected chi connectivity index (χ0v) is 15.1. The quantitative estimate of drug-likeness (QED) is 0.380.